The Morgan fingerprint density at radius 2 is 1.55 bits per heavy atom. The van der Waals surface area contributed by atoms with Crippen LogP contribution in [0.1, 0.15) is 20.8 Å². The van der Waals surface area contributed by atoms with Gasteiger partial charge < -0.3 is 10.6 Å². The van der Waals surface area contributed by atoms with Crippen molar-refractivity contribution in [2.45, 2.75) is 20.8 Å². The fraction of sp³-hybridized carbons (Fsp3) is 0.250. The summed E-state index contributed by atoms with van der Waals surface area (Å²) in [6, 6.07) is 9.62. The summed E-state index contributed by atoms with van der Waals surface area (Å²) in [7, 11) is 0. The molecular formula is C16H22N2O2. The van der Waals surface area contributed by atoms with E-state index in [1.165, 1.54) is 0 Å². The largest absolute Gasteiger partial charge is 0.366 e. The lowest BCUT2D eigenvalue weighted by Gasteiger charge is -2.20. The third kappa shape index (κ3) is 6.00. The Labute approximate surface area is 120 Å². The van der Waals surface area contributed by atoms with Gasteiger partial charge >= 0.3 is 0 Å². The number of primary amides is 1. The van der Waals surface area contributed by atoms with Crippen molar-refractivity contribution in [3.63, 3.8) is 0 Å². The summed E-state index contributed by atoms with van der Waals surface area (Å²) in [6.07, 6.45) is 0. The number of nitrogens with zero attached hydrogens (tertiary/aromatic N) is 1. The summed E-state index contributed by atoms with van der Waals surface area (Å²) in [5.41, 5.74) is 6.58. The van der Waals surface area contributed by atoms with Crippen LogP contribution in [0.2, 0.25) is 0 Å². The van der Waals surface area contributed by atoms with Gasteiger partial charge in [-0.1, -0.05) is 31.4 Å². The predicted octanol–water partition coefficient (Wildman–Crippen LogP) is 2.66. The maximum atomic E-state index is 11.7. The first-order valence-corrected chi connectivity index (χ1v) is 6.29. The zero-order valence-corrected chi connectivity index (χ0v) is 12.3. The molecule has 20 heavy (non-hydrogen) atoms. The second kappa shape index (κ2) is 8.69. The molecule has 0 aliphatic carbocycles. The van der Waals surface area contributed by atoms with E-state index >= 15 is 0 Å². The highest BCUT2D eigenvalue weighted by Crippen LogP contribution is 2.14. The quantitative estimate of drug-likeness (QED) is 0.858. The Bertz CT molecular complexity index is 480. The highest BCUT2D eigenvalue weighted by atomic mass is 16.2. The zero-order valence-electron chi connectivity index (χ0n) is 12.3. The third-order valence-electron chi connectivity index (χ3n) is 2.41. The van der Waals surface area contributed by atoms with E-state index in [9.17, 15) is 9.59 Å². The lowest BCUT2D eigenvalue weighted by atomic mass is 10.2. The molecular weight excluding hydrogens is 252 g/mol. The Balaban J connectivity index is 0.000000511. The van der Waals surface area contributed by atoms with Crippen LogP contribution < -0.4 is 10.6 Å². The Morgan fingerprint density at radius 3 is 1.85 bits per heavy atom. The molecule has 0 spiro atoms. The van der Waals surface area contributed by atoms with Gasteiger partial charge in [0.2, 0.25) is 5.91 Å². The van der Waals surface area contributed by atoms with Crippen molar-refractivity contribution < 1.29 is 9.59 Å². The number of anilines is 1. The van der Waals surface area contributed by atoms with Gasteiger partial charge in [-0.05, 0) is 32.9 Å². The fourth-order valence-electron chi connectivity index (χ4n) is 1.28. The Morgan fingerprint density at radius 1 is 1.10 bits per heavy atom. The second-order valence-corrected chi connectivity index (χ2v) is 4.31. The van der Waals surface area contributed by atoms with Crippen LogP contribution in [0.3, 0.4) is 0 Å². The normalized spacial score (nSPS) is 8.95. The van der Waals surface area contributed by atoms with E-state index < -0.39 is 5.91 Å². The number of para-hydroxylation sites is 1. The topological polar surface area (TPSA) is 63.4 Å². The van der Waals surface area contributed by atoms with Gasteiger partial charge in [-0.25, -0.2) is 0 Å². The number of carbonyl (C=O) groups is 2. The molecule has 0 saturated carbocycles. The van der Waals surface area contributed by atoms with E-state index in [1.807, 2.05) is 37.3 Å². The average molecular weight is 274 g/mol. The summed E-state index contributed by atoms with van der Waals surface area (Å²) in [5, 5.41) is 0. The van der Waals surface area contributed by atoms with Crippen molar-refractivity contribution in [3.8, 4) is 0 Å². The van der Waals surface area contributed by atoms with Crippen LogP contribution in [0, 0.1) is 0 Å². The Hall–Kier alpha value is -2.36. The van der Waals surface area contributed by atoms with Gasteiger partial charge in [0.1, 0.15) is 0 Å². The molecule has 0 aliphatic rings. The van der Waals surface area contributed by atoms with Crippen molar-refractivity contribution in [1.82, 2.24) is 0 Å². The van der Waals surface area contributed by atoms with Crippen LogP contribution in [0.4, 0.5) is 5.69 Å². The van der Waals surface area contributed by atoms with E-state index in [0.29, 0.717) is 17.7 Å². The molecule has 1 rings (SSSR count). The molecule has 0 heterocycles. The summed E-state index contributed by atoms with van der Waals surface area (Å²) >= 11 is 0. The molecule has 0 bridgehead atoms. The number of likely N-dealkylation sites (N-methyl/N-ethyl adjacent to an activating group) is 1. The molecule has 4 heteroatoms. The third-order valence-corrected chi connectivity index (χ3v) is 2.41. The van der Waals surface area contributed by atoms with Gasteiger partial charge in [0.25, 0.3) is 5.91 Å². The predicted molar refractivity (Wildman–Crippen MR) is 83.3 cm³/mol. The summed E-state index contributed by atoms with van der Waals surface area (Å²) in [5.74, 6) is -0.450. The number of hydrogen-bond acceptors (Lipinski definition) is 2. The van der Waals surface area contributed by atoms with Crippen LogP contribution >= 0.6 is 0 Å². The van der Waals surface area contributed by atoms with Crippen molar-refractivity contribution in [2.24, 2.45) is 5.73 Å². The standard InChI is InChI=1S/C12H15NO.C4H7NO/c1-4-13(12(14)10(2)3)11-8-6-5-7-9-11;1-3(2)4(5)6/h5-9H,2,4H2,1,3H3;1H2,2H3,(H2,5,6). The number of hydrogen-bond donors (Lipinski definition) is 1. The smallest absolute Gasteiger partial charge is 0.253 e. The molecule has 2 amide bonds. The first-order chi connectivity index (χ1) is 9.31. The number of carbonyl (C=O) groups excluding carboxylic acids is 2. The van der Waals surface area contributed by atoms with Gasteiger partial charge in [-0.3, -0.25) is 9.59 Å². The van der Waals surface area contributed by atoms with Gasteiger partial charge in [0.15, 0.2) is 0 Å². The fourth-order valence-corrected chi connectivity index (χ4v) is 1.28. The molecule has 108 valence electrons. The van der Waals surface area contributed by atoms with Gasteiger partial charge in [-0.15, -0.1) is 0 Å². The highest BCUT2D eigenvalue weighted by molar-refractivity contribution is 6.04. The first-order valence-electron chi connectivity index (χ1n) is 6.29. The van der Waals surface area contributed by atoms with Crippen molar-refractivity contribution >= 4 is 17.5 Å². The van der Waals surface area contributed by atoms with Crippen LogP contribution in [0.15, 0.2) is 54.6 Å². The lowest BCUT2D eigenvalue weighted by molar-refractivity contribution is -0.115. The Kier molecular flexibility index (Phi) is 7.67. The van der Waals surface area contributed by atoms with E-state index in [1.54, 1.807) is 18.7 Å². The maximum Gasteiger partial charge on any atom is 0.253 e. The lowest BCUT2D eigenvalue weighted by Crippen LogP contribution is -2.30. The number of nitrogens with two attached hydrogens (primary N) is 1. The molecule has 1 aromatic carbocycles. The SMILES string of the molecule is C=C(C)C(=O)N(CC)c1ccccc1.C=C(C)C(N)=O. The van der Waals surface area contributed by atoms with E-state index in [4.69, 9.17) is 5.73 Å². The first kappa shape index (κ1) is 17.6. The van der Waals surface area contributed by atoms with E-state index in [0.717, 1.165) is 5.69 Å². The zero-order chi connectivity index (χ0) is 15.7. The van der Waals surface area contributed by atoms with Crippen LogP contribution in [-0.2, 0) is 9.59 Å². The number of benzene rings is 1. The van der Waals surface area contributed by atoms with Crippen LogP contribution in [0.5, 0.6) is 0 Å². The summed E-state index contributed by atoms with van der Waals surface area (Å²) in [6.45, 7) is 12.9. The molecule has 2 N–H and O–H groups in total. The minimum Gasteiger partial charge on any atom is -0.366 e. The molecule has 0 atom stereocenters. The van der Waals surface area contributed by atoms with Crippen LogP contribution in [-0.4, -0.2) is 18.4 Å². The van der Waals surface area contributed by atoms with Crippen molar-refractivity contribution in [3.05, 3.63) is 54.6 Å². The van der Waals surface area contributed by atoms with Gasteiger partial charge in [0, 0.05) is 23.4 Å². The number of amides is 2. The molecule has 0 radical (unpaired) electrons. The second-order valence-electron chi connectivity index (χ2n) is 4.31. The molecule has 0 saturated heterocycles. The molecule has 4 nitrogen and oxygen atoms in total. The highest BCUT2D eigenvalue weighted by Gasteiger charge is 2.13. The molecule has 0 unspecified atom stereocenters. The van der Waals surface area contributed by atoms with Crippen molar-refractivity contribution in [2.75, 3.05) is 11.4 Å². The average Bonchev–Trinajstić information content (AvgIpc) is 2.41. The van der Waals surface area contributed by atoms with Gasteiger partial charge in [-0.2, -0.15) is 0 Å². The minimum atomic E-state index is -0.435. The molecule has 0 aliphatic heterocycles. The van der Waals surface area contributed by atoms with Gasteiger partial charge in [0.05, 0.1) is 0 Å². The van der Waals surface area contributed by atoms with Crippen molar-refractivity contribution in [1.29, 1.82) is 0 Å². The molecule has 1 aromatic rings. The monoisotopic (exact) mass is 274 g/mol. The maximum absolute atomic E-state index is 11.7. The molecule has 0 fully saturated rings. The van der Waals surface area contributed by atoms with E-state index in [2.05, 4.69) is 13.2 Å². The number of rotatable bonds is 4. The summed E-state index contributed by atoms with van der Waals surface area (Å²) < 4.78 is 0. The summed E-state index contributed by atoms with van der Waals surface area (Å²) in [4.78, 5) is 23.2. The van der Waals surface area contributed by atoms with E-state index in [-0.39, 0.29) is 5.91 Å². The molecule has 0 aromatic heterocycles. The minimum absolute atomic E-state index is 0.0151. The van der Waals surface area contributed by atoms with Crippen LogP contribution in [0.25, 0.3) is 0 Å².